The first kappa shape index (κ1) is 15.6. The molecule has 1 rings (SSSR count). The monoisotopic (exact) mass is 339 g/mol. The van der Waals surface area contributed by atoms with Crippen molar-refractivity contribution in [2.24, 2.45) is 0 Å². The van der Waals surface area contributed by atoms with Crippen LogP contribution in [0.5, 0.6) is 0 Å². The van der Waals surface area contributed by atoms with Gasteiger partial charge in [-0.3, -0.25) is 0 Å². The Morgan fingerprint density at radius 1 is 1.50 bits per heavy atom. The van der Waals surface area contributed by atoms with E-state index in [9.17, 15) is 12.8 Å². The van der Waals surface area contributed by atoms with Gasteiger partial charge in [-0.05, 0) is 38.0 Å². The largest absolute Gasteiger partial charge is 0.396 e. The van der Waals surface area contributed by atoms with E-state index >= 15 is 0 Å². The van der Waals surface area contributed by atoms with Crippen molar-refractivity contribution in [2.75, 3.05) is 6.61 Å². The molecule has 1 aromatic rings. The lowest BCUT2D eigenvalue weighted by Crippen LogP contribution is -2.33. The van der Waals surface area contributed by atoms with Crippen LogP contribution >= 0.6 is 15.9 Å². The first-order valence-electron chi connectivity index (χ1n) is 5.45. The normalized spacial score (nSPS) is 13.6. The molecule has 4 nitrogen and oxygen atoms in total. The molecular weight excluding hydrogens is 325 g/mol. The highest BCUT2D eigenvalue weighted by Crippen LogP contribution is 2.20. The van der Waals surface area contributed by atoms with Crippen LogP contribution in [-0.4, -0.2) is 26.2 Å². The Morgan fingerprint density at radius 3 is 2.78 bits per heavy atom. The van der Waals surface area contributed by atoms with Crippen LogP contribution in [0, 0.1) is 5.82 Å². The van der Waals surface area contributed by atoms with Gasteiger partial charge < -0.3 is 5.11 Å². The number of benzene rings is 1. The van der Waals surface area contributed by atoms with E-state index in [1.54, 1.807) is 6.92 Å². The Bertz CT molecular complexity index is 507. The molecule has 0 radical (unpaired) electrons. The Labute approximate surface area is 114 Å². The third-order valence-electron chi connectivity index (χ3n) is 2.33. The SMILES string of the molecule is CC(CCCO)NS(=O)(=O)c1cc(Br)ccc1F. The minimum absolute atomic E-state index is 0.00266. The number of nitrogens with one attached hydrogen (secondary N) is 1. The highest BCUT2D eigenvalue weighted by atomic mass is 79.9. The molecule has 0 saturated carbocycles. The zero-order chi connectivity index (χ0) is 13.8. The second kappa shape index (κ2) is 6.60. The summed E-state index contributed by atoms with van der Waals surface area (Å²) in [5, 5.41) is 8.67. The third kappa shape index (κ3) is 4.31. The molecule has 7 heteroatoms. The van der Waals surface area contributed by atoms with Crippen molar-refractivity contribution in [3.05, 3.63) is 28.5 Å². The fraction of sp³-hybridized carbons (Fsp3) is 0.455. The summed E-state index contributed by atoms with van der Waals surface area (Å²) in [5.74, 6) is -0.792. The van der Waals surface area contributed by atoms with Gasteiger partial charge in [-0.1, -0.05) is 15.9 Å². The van der Waals surface area contributed by atoms with Gasteiger partial charge in [-0.2, -0.15) is 0 Å². The van der Waals surface area contributed by atoms with Crippen LogP contribution in [0.15, 0.2) is 27.6 Å². The standard InChI is InChI=1S/C11H15BrFNO3S/c1-8(3-2-6-15)14-18(16,17)11-7-9(12)4-5-10(11)13/h4-5,7-8,14-15H,2-3,6H2,1H3. The molecule has 0 aliphatic heterocycles. The third-order valence-corrected chi connectivity index (χ3v) is 4.43. The molecule has 2 N–H and O–H groups in total. The van der Waals surface area contributed by atoms with E-state index < -0.39 is 15.8 Å². The van der Waals surface area contributed by atoms with Crippen LogP contribution in [0.4, 0.5) is 4.39 Å². The first-order chi connectivity index (χ1) is 8.36. The van der Waals surface area contributed by atoms with Crippen LogP contribution in [0.25, 0.3) is 0 Å². The van der Waals surface area contributed by atoms with E-state index in [1.807, 2.05) is 0 Å². The summed E-state index contributed by atoms with van der Waals surface area (Å²) in [7, 11) is -3.88. The minimum Gasteiger partial charge on any atom is -0.396 e. The molecule has 0 spiro atoms. The van der Waals surface area contributed by atoms with Crippen LogP contribution < -0.4 is 4.72 Å². The van der Waals surface area contributed by atoms with Crippen LogP contribution in [0.2, 0.25) is 0 Å². The minimum atomic E-state index is -3.88. The van der Waals surface area contributed by atoms with Crippen molar-refractivity contribution in [3.63, 3.8) is 0 Å². The summed E-state index contributed by atoms with van der Waals surface area (Å²) in [6.45, 7) is 1.67. The number of hydrogen-bond donors (Lipinski definition) is 2. The lowest BCUT2D eigenvalue weighted by Gasteiger charge is -2.14. The lowest BCUT2D eigenvalue weighted by molar-refractivity contribution is 0.279. The van der Waals surface area contributed by atoms with Gasteiger partial charge >= 0.3 is 0 Å². The number of aliphatic hydroxyl groups is 1. The fourth-order valence-corrected chi connectivity index (χ4v) is 3.36. The van der Waals surface area contributed by atoms with Crippen LogP contribution in [0.3, 0.4) is 0 Å². The molecule has 0 bridgehead atoms. The Morgan fingerprint density at radius 2 is 2.17 bits per heavy atom. The average Bonchev–Trinajstić information content (AvgIpc) is 2.29. The quantitative estimate of drug-likeness (QED) is 0.833. The zero-order valence-corrected chi connectivity index (χ0v) is 12.3. The van der Waals surface area contributed by atoms with Gasteiger partial charge in [0.25, 0.3) is 0 Å². The van der Waals surface area contributed by atoms with Crippen molar-refractivity contribution < 1.29 is 17.9 Å². The van der Waals surface area contributed by atoms with E-state index in [4.69, 9.17) is 5.11 Å². The van der Waals surface area contributed by atoms with Gasteiger partial charge in [0.15, 0.2) is 0 Å². The maximum Gasteiger partial charge on any atom is 0.243 e. The second-order valence-corrected chi connectivity index (χ2v) is 6.56. The molecule has 0 saturated heterocycles. The smallest absolute Gasteiger partial charge is 0.243 e. The highest BCUT2D eigenvalue weighted by molar-refractivity contribution is 9.10. The van der Waals surface area contributed by atoms with Crippen molar-refractivity contribution in [1.82, 2.24) is 4.72 Å². The molecule has 0 aliphatic carbocycles. The molecule has 0 aliphatic rings. The maximum atomic E-state index is 13.5. The predicted octanol–water partition coefficient (Wildman–Crippen LogP) is 2.03. The van der Waals surface area contributed by atoms with Crippen molar-refractivity contribution in [1.29, 1.82) is 0 Å². The predicted molar refractivity (Wildman–Crippen MR) is 70.2 cm³/mol. The average molecular weight is 340 g/mol. The van der Waals surface area contributed by atoms with E-state index in [2.05, 4.69) is 20.7 Å². The Kier molecular flexibility index (Phi) is 5.71. The van der Waals surface area contributed by atoms with Crippen molar-refractivity contribution in [3.8, 4) is 0 Å². The molecular formula is C11H15BrFNO3S. The van der Waals surface area contributed by atoms with Gasteiger partial charge in [0.1, 0.15) is 10.7 Å². The van der Waals surface area contributed by atoms with Gasteiger partial charge in [0, 0.05) is 17.1 Å². The molecule has 0 amide bonds. The summed E-state index contributed by atoms with van der Waals surface area (Å²) in [4.78, 5) is -0.382. The zero-order valence-electron chi connectivity index (χ0n) is 9.86. The molecule has 0 fully saturated rings. The summed E-state index contributed by atoms with van der Waals surface area (Å²) in [6.07, 6.45) is 0.982. The van der Waals surface area contributed by atoms with Crippen LogP contribution in [-0.2, 0) is 10.0 Å². The number of hydrogen-bond acceptors (Lipinski definition) is 3. The topological polar surface area (TPSA) is 66.4 Å². The number of halogens is 2. The number of aliphatic hydroxyl groups excluding tert-OH is 1. The molecule has 0 heterocycles. The fourth-order valence-electron chi connectivity index (χ4n) is 1.47. The Balaban J connectivity index is 2.89. The number of rotatable bonds is 6. The molecule has 0 aromatic heterocycles. The molecule has 1 aromatic carbocycles. The van der Waals surface area contributed by atoms with Crippen molar-refractivity contribution >= 4 is 26.0 Å². The molecule has 1 atom stereocenters. The van der Waals surface area contributed by atoms with Gasteiger partial charge in [0.05, 0.1) is 0 Å². The van der Waals surface area contributed by atoms with E-state index in [0.717, 1.165) is 6.07 Å². The van der Waals surface area contributed by atoms with E-state index in [0.29, 0.717) is 17.3 Å². The van der Waals surface area contributed by atoms with Gasteiger partial charge in [-0.25, -0.2) is 17.5 Å². The molecule has 1 unspecified atom stereocenters. The summed E-state index contributed by atoms with van der Waals surface area (Å²) in [6, 6.07) is 3.39. The summed E-state index contributed by atoms with van der Waals surface area (Å²) >= 11 is 3.10. The lowest BCUT2D eigenvalue weighted by atomic mass is 10.2. The summed E-state index contributed by atoms with van der Waals surface area (Å²) in [5.41, 5.74) is 0. The number of sulfonamides is 1. The first-order valence-corrected chi connectivity index (χ1v) is 7.72. The molecule has 18 heavy (non-hydrogen) atoms. The van der Waals surface area contributed by atoms with Gasteiger partial charge in [-0.15, -0.1) is 0 Å². The second-order valence-electron chi connectivity index (χ2n) is 3.96. The van der Waals surface area contributed by atoms with Crippen LogP contribution in [0.1, 0.15) is 19.8 Å². The highest BCUT2D eigenvalue weighted by Gasteiger charge is 2.21. The van der Waals surface area contributed by atoms with Crippen molar-refractivity contribution in [2.45, 2.75) is 30.7 Å². The van der Waals surface area contributed by atoms with E-state index in [1.165, 1.54) is 12.1 Å². The van der Waals surface area contributed by atoms with Gasteiger partial charge in [0.2, 0.25) is 10.0 Å². The maximum absolute atomic E-state index is 13.5. The summed E-state index contributed by atoms with van der Waals surface area (Å²) < 4.78 is 40.2. The Hall–Kier alpha value is -0.500. The van der Waals surface area contributed by atoms with E-state index in [-0.39, 0.29) is 17.5 Å². The molecule has 102 valence electrons.